The van der Waals surface area contributed by atoms with Crippen LogP contribution in [-0.2, 0) is 4.79 Å². The third kappa shape index (κ3) is 3.26. The molecule has 0 aliphatic carbocycles. The highest BCUT2D eigenvalue weighted by Crippen LogP contribution is 2.38. The lowest BCUT2D eigenvalue weighted by atomic mass is 9.89. The molecule has 1 atom stereocenters. The van der Waals surface area contributed by atoms with E-state index in [2.05, 4.69) is 6.92 Å². The van der Waals surface area contributed by atoms with Crippen molar-refractivity contribution in [2.24, 2.45) is 0 Å². The van der Waals surface area contributed by atoms with Gasteiger partial charge in [-0.2, -0.15) is 0 Å². The standard InChI is InChI=1S/C15H21ClO2/c1-9(6-7-11(3)17)14-12(4)13(16)8-10(2)15(14)18-5/h8-9H,6-7H2,1-5H3. The molecule has 0 bridgehead atoms. The second kappa shape index (κ2) is 6.24. The number of hydrogen-bond acceptors (Lipinski definition) is 2. The van der Waals surface area contributed by atoms with Crippen LogP contribution in [0, 0.1) is 13.8 Å². The zero-order valence-corrected chi connectivity index (χ0v) is 12.5. The Kier molecular flexibility index (Phi) is 5.21. The Labute approximate surface area is 114 Å². The van der Waals surface area contributed by atoms with E-state index in [-0.39, 0.29) is 11.7 Å². The molecule has 0 saturated carbocycles. The van der Waals surface area contributed by atoms with E-state index in [4.69, 9.17) is 16.3 Å². The third-order valence-corrected chi connectivity index (χ3v) is 3.73. The Bertz CT molecular complexity index is 452. The van der Waals surface area contributed by atoms with E-state index >= 15 is 0 Å². The zero-order valence-electron chi connectivity index (χ0n) is 11.8. The molecule has 0 fully saturated rings. The van der Waals surface area contributed by atoms with E-state index in [1.54, 1.807) is 14.0 Å². The number of ketones is 1. The summed E-state index contributed by atoms with van der Waals surface area (Å²) in [4.78, 5) is 11.1. The van der Waals surface area contributed by atoms with Gasteiger partial charge in [-0.15, -0.1) is 0 Å². The van der Waals surface area contributed by atoms with Crippen LogP contribution in [0.5, 0.6) is 5.75 Å². The first-order chi connectivity index (χ1) is 8.38. The number of benzene rings is 1. The minimum atomic E-state index is 0.220. The van der Waals surface area contributed by atoms with Crippen LogP contribution < -0.4 is 4.74 Å². The number of carbonyl (C=O) groups excluding carboxylic acids is 1. The molecule has 0 heterocycles. The van der Waals surface area contributed by atoms with Gasteiger partial charge in [-0.1, -0.05) is 18.5 Å². The van der Waals surface area contributed by atoms with Gasteiger partial charge in [0.15, 0.2) is 0 Å². The summed E-state index contributed by atoms with van der Waals surface area (Å²) in [5, 5.41) is 0.762. The van der Waals surface area contributed by atoms with Gasteiger partial charge in [-0.05, 0) is 50.3 Å². The molecule has 0 amide bonds. The predicted octanol–water partition coefficient (Wildman–Crippen LogP) is 4.44. The molecule has 0 aromatic heterocycles. The summed E-state index contributed by atoms with van der Waals surface area (Å²) >= 11 is 6.23. The van der Waals surface area contributed by atoms with Crippen LogP contribution in [0.2, 0.25) is 5.02 Å². The summed E-state index contributed by atoms with van der Waals surface area (Å²) in [5.41, 5.74) is 3.22. The fourth-order valence-corrected chi connectivity index (χ4v) is 2.57. The molecule has 1 unspecified atom stereocenters. The van der Waals surface area contributed by atoms with Crippen molar-refractivity contribution in [1.82, 2.24) is 0 Å². The normalized spacial score (nSPS) is 12.3. The van der Waals surface area contributed by atoms with Gasteiger partial charge in [-0.3, -0.25) is 0 Å². The Morgan fingerprint density at radius 2 is 2.06 bits per heavy atom. The second-order valence-corrected chi connectivity index (χ2v) is 5.30. The van der Waals surface area contributed by atoms with Gasteiger partial charge in [0.05, 0.1) is 7.11 Å². The largest absolute Gasteiger partial charge is 0.496 e. The number of hydrogen-bond donors (Lipinski definition) is 0. The maximum atomic E-state index is 11.1. The van der Waals surface area contributed by atoms with Crippen LogP contribution in [-0.4, -0.2) is 12.9 Å². The molecule has 0 radical (unpaired) electrons. The first-order valence-corrected chi connectivity index (χ1v) is 6.59. The second-order valence-electron chi connectivity index (χ2n) is 4.89. The Morgan fingerprint density at radius 3 is 2.56 bits per heavy atom. The summed E-state index contributed by atoms with van der Waals surface area (Å²) in [5.74, 6) is 1.38. The van der Waals surface area contributed by atoms with Gasteiger partial charge in [-0.25, -0.2) is 0 Å². The van der Waals surface area contributed by atoms with Gasteiger partial charge in [0.2, 0.25) is 0 Å². The maximum absolute atomic E-state index is 11.1. The highest BCUT2D eigenvalue weighted by molar-refractivity contribution is 6.31. The van der Waals surface area contributed by atoms with Crippen molar-refractivity contribution in [3.8, 4) is 5.75 Å². The first-order valence-electron chi connectivity index (χ1n) is 6.21. The Hall–Kier alpha value is -1.02. The zero-order chi connectivity index (χ0) is 13.9. The molecule has 0 saturated heterocycles. The molecule has 18 heavy (non-hydrogen) atoms. The van der Waals surface area contributed by atoms with E-state index in [9.17, 15) is 4.79 Å². The summed E-state index contributed by atoms with van der Waals surface area (Å²) < 4.78 is 5.50. The van der Waals surface area contributed by atoms with Crippen molar-refractivity contribution < 1.29 is 9.53 Å². The monoisotopic (exact) mass is 268 g/mol. The number of aryl methyl sites for hydroxylation is 1. The quantitative estimate of drug-likeness (QED) is 0.789. The Morgan fingerprint density at radius 1 is 1.44 bits per heavy atom. The van der Waals surface area contributed by atoms with Gasteiger partial charge in [0.25, 0.3) is 0 Å². The van der Waals surface area contributed by atoms with Crippen molar-refractivity contribution in [3.05, 3.63) is 27.8 Å². The van der Waals surface area contributed by atoms with Crippen molar-refractivity contribution in [2.45, 2.75) is 46.5 Å². The molecule has 1 rings (SSSR count). The lowest BCUT2D eigenvalue weighted by Gasteiger charge is -2.20. The van der Waals surface area contributed by atoms with E-state index in [0.717, 1.165) is 33.9 Å². The predicted molar refractivity (Wildman–Crippen MR) is 75.8 cm³/mol. The molecule has 100 valence electrons. The summed E-state index contributed by atoms with van der Waals surface area (Å²) in [6.07, 6.45) is 1.42. The van der Waals surface area contributed by atoms with Gasteiger partial charge in [0, 0.05) is 17.0 Å². The lowest BCUT2D eigenvalue weighted by molar-refractivity contribution is -0.117. The molecule has 0 aliphatic rings. The molecule has 1 aromatic carbocycles. The van der Waals surface area contributed by atoms with Crippen LogP contribution >= 0.6 is 11.6 Å². The van der Waals surface area contributed by atoms with E-state index in [0.29, 0.717) is 6.42 Å². The highest BCUT2D eigenvalue weighted by Gasteiger charge is 2.19. The van der Waals surface area contributed by atoms with Crippen LogP contribution in [0.1, 0.15) is 49.3 Å². The topological polar surface area (TPSA) is 26.3 Å². The number of ether oxygens (including phenoxy) is 1. The highest BCUT2D eigenvalue weighted by atomic mass is 35.5. The van der Waals surface area contributed by atoms with E-state index < -0.39 is 0 Å². The molecule has 0 spiro atoms. The first kappa shape index (κ1) is 15.0. The maximum Gasteiger partial charge on any atom is 0.129 e. The fraction of sp³-hybridized carbons (Fsp3) is 0.533. The summed E-state index contributed by atoms with van der Waals surface area (Å²) in [6.45, 7) is 7.73. The Balaban J connectivity index is 3.16. The van der Waals surface area contributed by atoms with Crippen LogP contribution in [0.4, 0.5) is 0 Å². The average molecular weight is 269 g/mol. The summed E-state index contributed by atoms with van der Waals surface area (Å²) in [6, 6.07) is 1.93. The van der Waals surface area contributed by atoms with E-state index in [1.807, 2.05) is 19.9 Å². The van der Waals surface area contributed by atoms with Gasteiger partial charge < -0.3 is 9.53 Å². The van der Waals surface area contributed by atoms with Crippen LogP contribution in [0.3, 0.4) is 0 Å². The molecule has 3 heteroatoms. The van der Waals surface area contributed by atoms with Gasteiger partial charge in [0.1, 0.15) is 11.5 Å². The molecule has 1 aromatic rings. The number of methoxy groups -OCH3 is 1. The molecular weight excluding hydrogens is 248 g/mol. The van der Waals surface area contributed by atoms with Crippen molar-refractivity contribution >= 4 is 17.4 Å². The van der Waals surface area contributed by atoms with Crippen LogP contribution in [0.25, 0.3) is 0 Å². The van der Waals surface area contributed by atoms with E-state index in [1.165, 1.54) is 0 Å². The number of Topliss-reactive ketones (excluding diaryl/α,β-unsaturated/α-hetero) is 1. The molecule has 0 N–H and O–H groups in total. The molecule has 2 nitrogen and oxygen atoms in total. The number of rotatable bonds is 5. The van der Waals surface area contributed by atoms with Crippen molar-refractivity contribution in [2.75, 3.05) is 7.11 Å². The minimum absolute atomic E-state index is 0.220. The van der Waals surface area contributed by atoms with Crippen LogP contribution in [0.15, 0.2) is 6.07 Å². The van der Waals surface area contributed by atoms with Gasteiger partial charge >= 0.3 is 0 Å². The lowest BCUT2D eigenvalue weighted by Crippen LogP contribution is -2.05. The molecular formula is C15H21ClO2. The average Bonchev–Trinajstić information content (AvgIpc) is 2.30. The minimum Gasteiger partial charge on any atom is -0.496 e. The van der Waals surface area contributed by atoms with Crippen molar-refractivity contribution in [3.63, 3.8) is 0 Å². The smallest absolute Gasteiger partial charge is 0.129 e. The summed E-state index contributed by atoms with van der Waals surface area (Å²) in [7, 11) is 1.68. The SMILES string of the molecule is COc1c(C)cc(Cl)c(C)c1C(C)CCC(C)=O. The molecule has 0 aliphatic heterocycles. The van der Waals surface area contributed by atoms with Crippen molar-refractivity contribution in [1.29, 1.82) is 0 Å². The number of carbonyl (C=O) groups is 1. The third-order valence-electron chi connectivity index (χ3n) is 3.33. The fourth-order valence-electron chi connectivity index (χ4n) is 2.30. The number of halogens is 1.